The van der Waals surface area contributed by atoms with E-state index in [1.54, 1.807) is 49.4 Å². The van der Waals surface area contributed by atoms with E-state index >= 15 is 4.39 Å². The number of rotatable bonds is 4. The monoisotopic (exact) mass is 508 g/mol. The first-order valence-corrected chi connectivity index (χ1v) is 12.5. The molecule has 5 rings (SSSR count). The molecule has 7 heteroatoms. The molecule has 0 saturated carbocycles. The van der Waals surface area contributed by atoms with Gasteiger partial charge in [-0.15, -0.1) is 0 Å². The van der Waals surface area contributed by atoms with Gasteiger partial charge < -0.3 is 0 Å². The van der Waals surface area contributed by atoms with Crippen molar-refractivity contribution in [3.8, 4) is 17.3 Å². The van der Waals surface area contributed by atoms with Crippen LogP contribution in [-0.2, 0) is 16.6 Å². The number of Topliss-reactive ketones (excluding diaryl/α,β-unsaturated/α-hetero) is 1. The van der Waals surface area contributed by atoms with Crippen molar-refractivity contribution in [3.63, 3.8) is 0 Å². The number of nitrogens with zero attached hydrogens (tertiary/aromatic N) is 4. The number of allylic oxidation sites excluding steroid dienone is 3. The number of ketones is 1. The highest BCUT2D eigenvalue weighted by Crippen LogP contribution is 2.51. The van der Waals surface area contributed by atoms with Crippen LogP contribution in [0.1, 0.15) is 49.8 Å². The molecule has 0 saturated heterocycles. The lowest BCUT2D eigenvalue weighted by Crippen LogP contribution is -2.46. The lowest BCUT2D eigenvalue weighted by atomic mass is 9.57. The second-order valence-electron chi connectivity index (χ2n) is 9.95. The number of para-hydroxylation sites is 1. The summed E-state index contributed by atoms with van der Waals surface area (Å²) in [6.07, 6.45) is 4.70. The van der Waals surface area contributed by atoms with Crippen molar-refractivity contribution in [2.75, 3.05) is 0 Å². The van der Waals surface area contributed by atoms with Gasteiger partial charge in [0.1, 0.15) is 23.4 Å². The Morgan fingerprint density at radius 3 is 2.61 bits per heavy atom. The Labute approximate surface area is 220 Å². The first-order chi connectivity index (χ1) is 18.2. The Balaban J connectivity index is 1.85. The number of aromatic nitrogens is 2. The van der Waals surface area contributed by atoms with Crippen LogP contribution in [0.2, 0.25) is 0 Å². The van der Waals surface area contributed by atoms with Gasteiger partial charge in [-0.2, -0.15) is 5.26 Å². The van der Waals surface area contributed by atoms with Gasteiger partial charge in [0.2, 0.25) is 0 Å². The average molecular weight is 509 g/mol. The van der Waals surface area contributed by atoms with E-state index in [0.717, 1.165) is 5.56 Å². The zero-order valence-electron chi connectivity index (χ0n) is 21.4. The third-order valence-electron chi connectivity index (χ3n) is 7.93. The molecule has 0 unspecified atom stereocenters. The van der Waals surface area contributed by atoms with Gasteiger partial charge in [-0.05, 0) is 50.6 Å². The topological polar surface area (TPSA) is 79.0 Å². The number of nitriles is 1. The SMILES string of the molecule is C=Nc1c(F)cccc1/C(=C\C)c1nc(-c2ccccc2F)c2c(n1)[C@]1(C)C=C(C#N)C(=O)[C@H](C)[C@H]1CC2. The Hall–Kier alpha value is -4.31. The summed E-state index contributed by atoms with van der Waals surface area (Å²) >= 11 is 0. The largest absolute Gasteiger partial charge is 0.293 e. The van der Waals surface area contributed by atoms with E-state index in [1.807, 2.05) is 13.8 Å². The van der Waals surface area contributed by atoms with Crippen LogP contribution in [0.5, 0.6) is 0 Å². The minimum absolute atomic E-state index is 0.0713. The molecular weight excluding hydrogens is 482 g/mol. The van der Waals surface area contributed by atoms with Crippen molar-refractivity contribution in [2.24, 2.45) is 16.8 Å². The summed E-state index contributed by atoms with van der Waals surface area (Å²) in [6, 6.07) is 13.1. The molecule has 2 aliphatic rings. The summed E-state index contributed by atoms with van der Waals surface area (Å²) in [4.78, 5) is 26.6. The predicted molar refractivity (Wildman–Crippen MR) is 143 cm³/mol. The van der Waals surface area contributed by atoms with Crippen LogP contribution in [0.3, 0.4) is 0 Å². The molecule has 5 nitrogen and oxygen atoms in total. The fraction of sp³-hybridized carbons (Fsp3) is 0.258. The van der Waals surface area contributed by atoms with Gasteiger partial charge in [0.05, 0.1) is 17.0 Å². The second-order valence-corrected chi connectivity index (χ2v) is 9.95. The van der Waals surface area contributed by atoms with Crippen LogP contribution in [0.15, 0.2) is 65.2 Å². The molecule has 0 fully saturated rings. The molecule has 2 aromatic carbocycles. The van der Waals surface area contributed by atoms with E-state index in [2.05, 4.69) is 17.8 Å². The molecule has 38 heavy (non-hydrogen) atoms. The smallest absolute Gasteiger partial charge is 0.176 e. The Kier molecular flexibility index (Phi) is 6.36. The minimum atomic E-state index is -0.760. The molecular formula is C31H26F2N4O. The molecule has 0 N–H and O–H groups in total. The maximum absolute atomic E-state index is 15.2. The van der Waals surface area contributed by atoms with Crippen molar-refractivity contribution < 1.29 is 13.6 Å². The fourth-order valence-electron chi connectivity index (χ4n) is 6.07. The van der Waals surface area contributed by atoms with Crippen LogP contribution in [-0.4, -0.2) is 22.5 Å². The van der Waals surface area contributed by atoms with Gasteiger partial charge in [-0.1, -0.05) is 50.3 Å². The lowest BCUT2D eigenvalue weighted by molar-refractivity contribution is -0.121. The Morgan fingerprint density at radius 1 is 1.18 bits per heavy atom. The van der Waals surface area contributed by atoms with Crippen molar-refractivity contribution in [1.29, 1.82) is 5.26 Å². The van der Waals surface area contributed by atoms with Crippen molar-refractivity contribution in [3.05, 3.63) is 94.5 Å². The fourth-order valence-corrected chi connectivity index (χ4v) is 6.07. The molecule has 3 atom stereocenters. The highest BCUT2D eigenvalue weighted by Gasteiger charge is 2.49. The second kappa shape index (κ2) is 9.53. The van der Waals surface area contributed by atoms with E-state index in [9.17, 15) is 14.4 Å². The van der Waals surface area contributed by atoms with E-state index in [4.69, 9.17) is 9.97 Å². The van der Waals surface area contributed by atoms with Crippen LogP contribution >= 0.6 is 0 Å². The zero-order chi connectivity index (χ0) is 27.2. The first kappa shape index (κ1) is 25.3. The van der Waals surface area contributed by atoms with Crippen LogP contribution in [0.25, 0.3) is 16.8 Å². The maximum Gasteiger partial charge on any atom is 0.176 e. The standard InChI is InChI=1S/C31H26F2N4O/c1-5-19(20-10-8-12-25(33)27(20)35-4)30-36-26(21-9-6-7-11-24(21)32)22-13-14-23-17(2)28(38)18(16-34)15-31(23,3)29(22)37-30/h5-12,15,17,23H,4,13-14H2,1-3H3/b19-5+/t17-,23-,31-/m1/s1. The van der Waals surface area contributed by atoms with Gasteiger partial charge in [0.25, 0.3) is 0 Å². The Morgan fingerprint density at radius 2 is 1.92 bits per heavy atom. The molecule has 1 aromatic heterocycles. The van der Waals surface area contributed by atoms with Gasteiger partial charge in [0.15, 0.2) is 11.6 Å². The van der Waals surface area contributed by atoms with E-state index < -0.39 is 17.0 Å². The molecule has 0 aliphatic heterocycles. The number of hydrogen-bond donors (Lipinski definition) is 0. The molecule has 0 amide bonds. The molecule has 2 aliphatic carbocycles. The van der Waals surface area contributed by atoms with Gasteiger partial charge in [0, 0.05) is 33.6 Å². The molecule has 0 spiro atoms. The molecule has 0 radical (unpaired) electrons. The highest BCUT2D eigenvalue weighted by atomic mass is 19.1. The third-order valence-corrected chi connectivity index (χ3v) is 7.93. The third kappa shape index (κ3) is 3.79. The summed E-state index contributed by atoms with van der Waals surface area (Å²) in [7, 11) is 0. The number of fused-ring (bicyclic) bond motifs is 3. The van der Waals surface area contributed by atoms with Gasteiger partial charge >= 0.3 is 0 Å². The summed E-state index contributed by atoms with van der Waals surface area (Å²) in [5.41, 5.74) is 2.59. The summed E-state index contributed by atoms with van der Waals surface area (Å²) in [5.74, 6) is -1.31. The summed E-state index contributed by atoms with van der Waals surface area (Å²) in [6.45, 7) is 9.15. The van der Waals surface area contributed by atoms with Crippen molar-refractivity contribution in [2.45, 2.75) is 39.0 Å². The summed E-state index contributed by atoms with van der Waals surface area (Å²) in [5, 5.41) is 9.73. The lowest BCUT2D eigenvalue weighted by Gasteiger charge is -2.45. The average Bonchev–Trinajstić information content (AvgIpc) is 2.91. The first-order valence-electron chi connectivity index (χ1n) is 12.5. The zero-order valence-corrected chi connectivity index (χ0v) is 21.4. The summed E-state index contributed by atoms with van der Waals surface area (Å²) < 4.78 is 29.8. The highest BCUT2D eigenvalue weighted by molar-refractivity contribution is 6.02. The molecule has 3 aromatic rings. The van der Waals surface area contributed by atoms with Crippen molar-refractivity contribution >= 4 is 23.8 Å². The molecule has 190 valence electrons. The maximum atomic E-state index is 15.2. The number of carbonyl (C=O) groups is 1. The van der Waals surface area contributed by atoms with Crippen LogP contribution < -0.4 is 0 Å². The van der Waals surface area contributed by atoms with E-state index in [-0.39, 0.29) is 34.7 Å². The predicted octanol–water partition coefficient (Wildman–Crippen LogP) is 6.69. The number of benzene rings is 2. The molecule has 0 bridgehead atoms. The van der Waals surface area contributed by atoms with E-state index in [0.29, 0.717) is 40.9 Å². The van der Waals surface area contributed by atoms with Gasteiger partial charge in [-0.25, -0.2) is 18.7 Å². The van der Waals surface area contributed by atoms with E-state index in [1.165, 1.54) is 12.1 Å². The quantitative estimate of drug-likeness (QED) is 0.368. The Bertz CT molecular complexity index is 1600. The number of carbonyl (C=O) groups excluding carboxylic acids is 1. The normalized spacial score (nSPS) is 22.7. The number of hydrogen-bond acceptors (Lipinski definition) is 5. The molecule has 1 heterocycles. The van der Waals surface area contributed by atoms with Crippen LogP contribution in [0, 0.1) is 34.8 Å². The number of halogens is 2. The van der Waals surface area contributed by atoms with Crippen LogP contribution in [0.4, 0.5) is 14.5 Å². The van der Waals surface area contributed by atoms with Crippen molar-refractivity contribution in [1.82, 2.24) is 9.97 Å². The van der Waals surface area contributed by atoms with Gasteiger partial charge in [-0.3, -0.25) is 9.79 Å². The number of aliphatic imine (C=N–C) groups is 1. The minimum Gasteiger partial charge on any atom is -0.293 e.